The van der Waals surface area contributed by atoms with Crippen LogP contribution in [-0.2, 0) is 4.74 Å². The van der Waals surface area contributed by atoms with E-state index in [1.807, 2.05) is 12.1 Å². The van der Waals surface area contributed by atoms with Crippen molar-refractivity contribution in [1.29, 1.82) is 0 Å². The second-order valence-corrected chi connectivity index (χ2v) is 7.32. The smallest absolute Gasteiger partial charge is 0.269 e. The van der Waals surface area contributed by atoms with Crippen LogP contribution in [0.2, 0.25) is 0 Å². The van der Waals surface area contributed by atoms with E-state index < -0.39 is 41.4 Å². The largest absolute Gasteiger partial charge is 0.394 e. The van der Waals surface area contributed by atoms with Gasteiger partial charge < -0.3 is 25.2 Å². The lowest BCUT2D eigenvalue weighted by atomic mass is 10.0. The Morgan fingerprint density at radius 1 is 0.926 bits per heavy atom. The Balaban J connectivity index is 1.71. The van der Waals surface area contributed by atoms with Crippen LogP contribution in [-0.4, -0.2) is 61.8 Å². The molecule has 1 fully saturated rings. The van der Waals surface area contributed by atoms with Gasteiger partial charge in [0.2, 0.25) is 0 Å². The number of aliphatic hydroxyl groups excluding tert-OH is 4. The molecule has 0 bridgehead atoms. The molecule has 4 N–H and O–H groups in total. The molecule has 0 amide bonds. The molecule has 144 valence electrons. The minimum Gasteiger partial charge on any atom is -0.394 e. The Kier molecular flexibility index (Phi) is 6.10. The van der Waals surface area contributed by atoms with Gasteiger partial charge in [0.1, 0.15) is 29.9 Å². The van der Waals surface area contributed by atoms with E-state index in [0.717, 1.165) is 27.8 Å². The topological polar surface area (TPSA) is 133 Å². The van der Waals surface area contributed by atoms with Gasteiger partial charge in [-0.1, -0.05) is 23.9 Å². The quantitative estimate of drug-likeness (QED) is 0.439. The number of non-ortho nitro benzene ring substituents is 1. The summed E-state index contributed by atoms with van der Waals surface area (Å²) in [5.74, 6) is 0. The summed E-state index contributed by atoms with van der Waals surface area (Å²) in [5.41, 5.74) is 0.868. The summed E-state index contributed by atoms with van der Waals surface area (Å²) >= 11 is 1.16. The molecule has 27 heavy (non-hydrogen) atoms. The maximum atomic E-state index is 10.7. The molecule has 3 rings (SSSR count). The zero-order valence-electron chi connectivity index (χ0n) is 14.1. The SMILES string of the molecule is O=[N+]([O-])c1ccc(-c2ccc(S[C@@H]3O[C@H](CO)[C@H](O)[C@H](O)[C@H]3O)cc2)cc1. The third-order valence-corrected chi connectivity index (χ3v) is 5.53. The van der Waals surface area contributed by atoms with Crippen molar-refractivity contribution in [2.75, 3.05) is 6.61 Å². The first-order valence-electron chi connectivity index (χ1n) is 8.23. The molecule has 5 atom stereocenters. The van der Waals surface area contributed by atoms with Gasteiger partial charge in [-0.25, -0.2) is 0 Å². The van der Waals surface area contributed by atoms with Crippen LogP contribution < -0.4 is 0 Å². The number of thioether (sulfide) groups is 1. The highest BCUT2D eigenvalue weighted by atomic mass is 32.2. The highest BCUT2D eigenvalue weighted by Crippen LogP contribution is 2.34. The van der Waals surface area contributed by atoms with Crippen molar-refractivity contribution in [3.63, 3.8) is 0 Å². The lowest BCUT2D eigenvalue weighted by Gasteiger charge is -2.39. The second-order valence-electron chi connectivity index (χ2n) is 6.14. The summed E-state index contributed by atoms with van der Waals surface area (Å²) in [6.07, 6.45) is -5.04. The average molecular weight is 393 g/mol. The summed E-state index contributed by atoms with van der Waals surface area (Å²) in [6, 6.07) is 13.4. The van der Waals surface area contributed by atoms with Crippen molar-refractivity contribution in [1.82, 2.24) is 0 Å². The van der Waals surface area contributed by atoms with Crippen molar-refractivity contribution >= 4 is 17.4 Å². The van der Waals surface area contributed by atoms with Gasteiger partial charge in [-0.15, -0.1) is 0 Å². The molecule has 9 heteroatoms. The number of nitrogens with zero attached hydrogens (tertiary/aromatic N) is 1. The zero-order valence-corrected chi connectivity index (χ0v) is 14.9. The van der Waals surface area contributed by atoms with E-state index >= 15 is 0 Å². The molecule has 2 aromatic carbocycles. The number of benzene rings is 2. The van der Waals surface area contributed by atoms with Crippen molar-refractivity contribution in [2.45, 2.75) is 34.7 Å². The van der Waals surface area contributed by atoms with Crippen LogP contribution in [0.5, 0.6) is 0 Å². The number of hydrogen-bond donors (Lipinski definition) is 4. The first kappa shape index (κ1) is 19.7. The molecule has 0 aromatic heterocycles. The average Bonchev–Trinajstić information content (AvgIpc) is 2.69. The van der Waals surface area contributed by atoms with E-state index in [1.165, 1.54) is 12.1 Å². The molecular formula is C18H19NO7S. The Morgan fingerprint density at radius 3 is 2.00 bits per heavy atom. The molecule has 0 spiro atoms. The van der Waals surface area contributed by atoms with E-state index in [4.69, 9.17) is 4.74 Å². The normalized spacial score (nSPS) is 28.1. The molecule has 0 radical (unpaired) electrons. The van der Waals surface area contributed by atoms with Gasteiger partial charge in [-0.3, -0.25) is 10.1 Å². The van der Waals surface area contributed by atoms with Crippen molar-refractivity contribution < 1.29 is 30.1 Å². The first-order valence-corrected chi connectivity index (χ1v) is 9.10. The predicted octanol–water partition coefficient (Wildman–Crippen LogP) is 1.15. The molecule has 1 heterocycles. The summed E-state index contributed by atoms with van der Waals surface area (Å²) in [5, 5.41) is 49.7. The number of aliphatic hydroxyl groups is 4. The fourth-order valence-electron chi connectivity index (χ4n) is 2.80. The van der Waals surface area contributed by atoms with Crippen molar-refractivity contribution in [3.05, 3.63) is 58.6 Å². The molecule has 0 aliphatic carbocycles. The Hall–Kier alpha value is -2.01. The number of ether oxygens (including phenoxy) is 1. The molecule has 8 nitrogen and oxygen atoms in total. The molecule has 0 saturated carbocycles. The number of nitro benzene ring substituents is 1. The Bertz CT molecular complexity index is 781. The van der Waals surface area contributed by atoms with Crippen LogP contribution in [0, 0.1) is 10.1 Å². The maximum Gasteiger partial charge on any atom is 0.269 e. The van der Waals surface area contributed by atoms with E-state index in [0.29, 0.717) is 0 Å². The van der Waals surface area contributed by atoms with Crippen LogP contribution in [0.1, 0.15) is 0 Å². The molecular weight excluding hydrogens is 374 g/mol. The van der Waals surface area contributed by atoms with Crippen LogP contribution >= 0.6 is 11.8 Å². The van der Waals surface area contributed by atoms with Crippen LogP contribution in [0.4, 0.5) is 5.69 Å². The number of hydrogen-bond acceptors (Lipinski definition) is 8. The fourth-order valence-corrected chi connectivity index (χ4v) is 3.86. The number of nitro groups is 1. The summed E-state index contributed by atoms with van der Waals surface area (Å²) in [7, 11) is 0. The fraction of sp³-hybridized carbons (Fsp3) is 0.333. The lowest BCUT2D eigenvalue weighted by molar-refractivity contribution is -0.384. The molecule has 2 aromatic rings. The second kappa shape index (κ2) is 8.34. The van der Waals surface area contributed by atoms with Gasteiger partial charge in [0.05, 0.1) is 11.5 Å². The van der Waals surface area contributed by atoms with Gasteiger partial charge in [-0.05, 0) is 35.4 Å². The van der Waals surface area contributed by atoms with Crippen LogP contribution in [0.25, 0.3) is 11.1 Å². The molecule has 1 aliphatic rings. The Labute approximate surface area is 159 Å². The summed E-state index contributed by atoms with van der Waals surface area (Å²) in [6.45, 7) is -0.471. The molecule has 1 aliphatic heterocycles. The standard InChI is InChI=1S/C18H19NO7S/c20-9-14-15(21)16(22)17(23)18(26-14)27-13-7-3-11(4-8-13)10-1-5-12(6-2-10)19(24)25/h1-8,14-18,20-23H,9H2/t14-,15+,16+,17-,18+/m1/s1. The van der Waals surface area contributed by atoms with Gasteiger partial charge >= 0.3 is 0 Å². The van der Waals surface area contributed by atoms with Crippen LogP contribution in [0.3, 0.4) is 0 Å². The van der Waals surface area contributed by atoms with Crippen molar-refractivity contribution in [2.24, 2.45) is 0 Å². The lowest BCUT2D eigenvalue weighted by Crippen LogP contribution is -2.57. The van der Waals surface area contributed by atoms with Crippen LogP contribution in [0.15, 0.2) is 53.4 Å². The van der Waals surface area contributed by atoms with E-state index in [2.05, 4.69) is 0 Å². The van der Waals surface area contributed by atoms with Gasteiger partial charge in [0.15, 0.2) is 0 Å². The maximum absolute atomic E-state index is 10.7. The first-order chi connectivity index (χ1) is 12.9. The predicted molar refractivity (Wildman–Crippen MR) is 98.2 cm³/mol. The minimum atomic E-state index is -1.41. The van der Waals surface area contributed by atoms with Gasteiger partial charge in [0.25, 0.3) is 5.69 Å². The monoisotopic (exact) mass is 393 g/mol. The van der Waals surface area contributed by atoms with Crippen molar-refractivity contribution in [3.8, 4) is 11.1 Å². The third-order valence-electron chi connectivity index (χ3n) is 4.37. The molecule has 0 unspecified atom stereocenters. The third kappa shape index (κ3) is 4.29. The minimum absolute atomic E-state index is 0.0218. The molecule has 1 saturated heterocycles. The zero-order chi connectivity index (χ0) is 19.6. The number of rotatable bonds is 5. The highest BCUT2D eigenvalue weighted by molar-refractivity contribution is 7.99. The summed E-state index contributed by atoms with van der Waals surface area (Å²) in [4.78, 5) is 11.0. The summed E-state index contributed by atoms with van der Waals surface area (Å²) < 4.78 is 5.47. The van der Waals surface area contributed by atoms with E-state index in [-0.39, 0.29) is 5.69 Å². The van der Waals surface area contributed by atoms with E-state index in [1.54, 1.807) is 24.3 Å². The van der Waals surface area contributed by atoms with E-state index in [9.17, 15) is 30.5 Å². The van der Waals surface area contributed by atoms with Gasteiger partial charge in [-0.2, -0.15) is 0 Å². The Morgan fingerprint density at radius 2 is 1.48 bits per heavy atom. The highest BCUT2D eigenvalue weighted by Gasteiger charge is 2.43. The van der Waals surface area contributed by atoms with Gasteiger partial charge in [0, 0.05) is 17.0 Å².